The molecule has 4 aromatic rings. The Morgan fingerprint density at radius 1 is 1.03 bits per heavy atom. The molecule has 0 radical (unpaired) electrons. The zero-order valence-corrected chi connectivity index (χ0v) is 19.7. The molecule has 0 bridgehead atoms. The number of anilines is 4. The molecule has 0 atom stereocenters. The number of aromatic amines is 1. The summed E-state index contributed by atoms with van der Waals surface area (Å²) in [5, 5.41) is 14.0. The number of hydrogen-bond donors (Lipinski definition) is 3. The second-order valence-corrected chi connectivity index (χ2v) is 9.11. The lowest BCUT2D eigenvalue weighted by molar-refractivity contribution is 0.102. The van der Waals surface area contributed by atoms with Crippen LogP contribution in [0.2, 0.25) is 0 Å². The van der Waals surface area contributed by atoms with Gasteiger partial charge in [0.2, 0.25) is 0 Å². The van der Waals surface area contributed by atoms with E-state index in [1.54, 1.807) is 12.3 Å². The van der Waals surface area contributed by atoms with Crippen molar-refractivity contribution in [2.24, 2.45) is 0 Å². The molecule has 1 aromatic carbocycles. The first kappa shape index (κ1) is 21.9. The molecule has 1 saturated heterocycles. The average molecular weight is 473 g/mol. The van der Waals surface area contributed by atoms with Crippen LogP contribution in [0.25, 0.3) is 0 Å². The lowest BCUT2D eigenvalue weighted by atomic mass is 10.2. The van der Waals surface area contributed by atoms with Crippen LogP contribution < -0.4 is 15.5 Å². The van der Waals surface area contributed by atoms with Gasteiger partial charge in [-0.2, -0.15) is 5.10 Å². The van der Waals surface area contributed by atoms with E-state index < -0.39 is 0 Å². The third kappa shape index (κ3) is 5.18. The summed E-state index contributed by atoms with van der Waals surface area (Å²) in [5.41, 5.74) is 3.07. The summed E-state index contributed by atoms with van der Waals surface area (Å²) in [6, 6.07) is 15.1. The van der Waals surface area contributed by atoms with Crippen LogP contribution in [0.5, 0.6) is 0 Å². The van der Waals surface area contributed by atoms with Gasteiger partial charge >= 0.3 is 0 Å². The minimum Gasteiger partial charge on any atom is -0.356 e. The summed E-state index contributed by atoms with van der Waals surface area (Å²) in [5.74, 6) is 2.11. The van der Waals surface area contributed by atoms with E-state index in [9.17, 15) is 4.79 Å². The van der Waals surface area contributed by atoms with Gasteiger partial charge in [0.1, 0.15) is 11.6 Å². The van der Waals surface area contributed by atoms with E-state index in [-0.39, 0.29) is 5.91 Å². The first-order valence-corrected chi connectivity index (χ1v) is 11.8. The van der Waals surface area contributed by atoms with Gasteiger partial charge < -0.3 is 15.5 Å². The summed E-state index contributed by atoms with van der Waals surface area (Å²) < 4.78 is 0. The maximum absolute atomic E-state index is 12.4. The van der Waals surface area contributed by atoms with Gasteiger partial charge in [-0.3, -0.25) is 14.9 Å². The van der Waals surface area contributed by atoms with Gasteiger partial charge in [-0.1, -0.05) is 0 Å². The monoisotopic (exact) mass is 472 g/mol. The van der Waals surface area contributed by atoms with Crippen molar-refractivity contribution in [1.29, 1.82) is 0 Å². The van der Waals surface area contributed by atoms with Gasteiger partial charge in [0, 0.05) is 53.4 Å². The number of amides is 1. The van der Waals surface area contributed by atoms with Gasteiger partial charge in [-0.15, -0.1) is 0 Å². The van der Waals surface area contributed by atoms with Crippen molar-refractivity contribution < 1.29 is 4.79 Å². The Kier molecular flexibility index (Phi) is 6.13. The first-order valence-electron chi connectivity index (χ1n) is 11.0. The predicted octanol–water partition coefficient (Wildman–Crippen LogP) is 4.57. The predicted molar refractivity (Wildman–Crippen MR) is 133 cm³/mol. The second kappa shape index (κ2) is 9.52. The van der Waals surface area contributed by atoms with Crippen LogP contribution in [0.1, 0.15) is 28.2 Å². The standard InChI is InChI=1S/C24H24N8OS/c1-15-4-5-17(14-25-15)23(33)26-18-6-8-19(9-7-18)34-24-28-20(27-21-12-16(2)30-31-21)13-22(29-24)32-10-3-11-32/h4-9,12-14H,3,10-11H2,1-2H3,(H,26,33)(H2,27,28,29,30,31). The maximum Gasteiger partial charge on any atom is 0.257 e. The van der Waals surface area contributed by atoms with E-state index in [4.69, 9.17) is 4.98 Å². The summed E-state index contributed by atoms with van der Waals surface area (Å²) >= 11 is 1.47. The Morgan fingerprint density at radius 2 is 1.85 bits per heavy atom. The number of rotatable bonds is 7. The van der Waals surface area contributed by atoms with Crippen molar-refractivity contribution in [2.45, 2.75) is 30.3 Å². The fourth-order valence-electron chi connectivity index (χ4n) is 3.36. The molecule has 0 saturated carbocycles. The summed E-state index contributed by atoms with van der Waals surface area (Å²) in [7, 11) is 0. The molecule has 1 fully saturated rings. The first-order chi connectivity index (χ1) is 16.5. The number of pyridine rings is 1. The fourth-order valence-corrected chi connectivity index (χ4v) is 4.13. The van der Waals surface area contributed by atoms with Crippen molar-refractivity contribution in [1.82, 2.24) is 25.1 Å². The van der Waals surface area contributed by atoms with Crippen molar-refractivity contribution in [3.8, 4) is 0 Å². The number of carbonyl (C=O) groups excluding carboxylic acids is 1. The fraction of sp³-hybridized carbons (Fsp3) is 0.208. The molecule has 4 heterocycles. The van der Waals surface area contributed by atoms with Crippen LogP contribution >= 0.6 is 11.8 Å². The van der Waals surface area contributed by atoms with E-state index >= 15 is 0 Å². The van der Waals surface area contributed by atoms with E-state index in [0.29, 0.717) is 28.0 Å². The third-order valence-corrected chi connectivity index (χ3v) is 6.20. The lowest BCUT2D eigenvalue weighted by Gasteiger charge is -2.32. The number of H-pyrrole nitrogens is 1. The van der Waals surface area contributed by atoms with Crippen LogP contribution in [-0.2, 0) is 0 Å². The second-order valence-electron chi connectivity index (χ2n) is 8.06. The highest BCUT2D eigenvalue weighted by molar-refractivity contribution is 7.99. The molecular weight excluding hydrogens is 448 g/mol. The van der Waals surface area contributed by atoms with Gasteiger partial charge in [0.25, 0.3) is 5.91 Å². The Labute approximate surface area is 201 Å². The quantitative estimate of drug-likeness (QED) is 0.336. The highest BCUT2D eigenvalue weighted by atomic mass is 32.2. The van der Waals surface area contributed by atoms with Gasteiger partial charge in [-0.05, 0) is 68.4 Å². The highest BCUT2D eigenvalue weighted by Gasteiger charge is 2.18. The Balaban J connectivity index is 1.30. The molecule has 9 nitrogen and oxygen atoms in total. The molecule has 34 heavy (non-hydrogen) atoms. The van der Waals surface area contributed by atoms with Crippen molar-refractivity contribution in [3.63, 3.8) is 0 Å². The lowest BCUT2D eigenvalue weighted by Crippen LogP contribution is -2.37. The zero-order chi connectivity index (χ0) is 23.5. The van der Waals surface area contributed by atoms with E-state index in [1.165, 1.54) is 18.2 Å². The van der Waals surface area contributed by atoms with E-state index in [0.717, 1.165) is 35.2 Å². The molecule has 5 rings (SSSR count). The normalized spacial score (nSPS) is 12.8. The van der Waals surface area contributed by atoms with Crippen molar-refractivity contribution in [3.05, 3.63) is 71.7 Å². The molecule has 1 aliphatic heterocycles. The number of nitrogens with one attached hydrogen (secondary N) is 3. The topological polar surface area (TPSA) is 112 Å². The van der Waals surface area contributed by atoms with Gasteiger partial charge in [-0.25, -0.2) is 9.97 Å². The summed E-state index contributed by atoms with van der Waals surface area (Å²) in [4.78, 5) is 29.2. The molecule has 0 unspecified atom stereocenters. The average Bonchev–Trinajstić information content (AvgIpc) is 3.18. The number of benzene rings is 1. The Bertz CT molecular complexity index is 1300. The molecule has 10 heteroatoms. The summed E-state index contributed by atoms with van der Waals surface area (Å²) in [6.07, 6.45) is 2.74. The Morgan fingerprint density at radius 3 is 2.50 bits per heavy atom. The maximum atomic E-state index is 12.4. The molecular formula is C24H24N8OS. The van der Waals surface area contributed by atoms with Crippen LogP contribution in [-0.4, -0.2) is 44.1 Å². The van der Waals surface area contributed by atoms with Gasteiger partial charge in [0.15, 0.2) is 11.0 Å². The molecule has 1 aliphatic rings. The number of carbonyl (C=O) groups is 1. The minimum absolute atomic E-state index is 0.192. The van der Waals surface area contributed by atoms with Gasteiger partial charge in [0.05, 0.1) is 5.56 Å². The van der Waals surface area contributed by atoms with Crippen molar-refractivity contribution in [2.75, 3.05) is 28.6 Å². The number of aryl methyl sites for hydroxylation is 2. The minimum atomic E-state index is -0.192. The largest absolute Gasteiger partial charge is 0.356 e. The smallest absolute Gasteiger partial charge is 0.257 e. The van der Waals surface area contributed by atoms with E-state index in [2.05, 4.69) is 35.7 Å². The number of nitrogens with zero attached hydrogens (tertiary/aromatic N) is 5. The molecule has 172 valence electrons. The van der Waals surface area contributed by atoms with Crippen LogP contribution in [0.3, 0.4) is 0 Å². The van der Waals surface area contributed by atoms with Crippen LogP contribution in [0.15, 0.2) is 64.8 Å². The third-order valence-electron chi connectivity index (χ3n) is 5.33. The van der Waals surface area contributed by atoms with Crippen LogP contribution in [0.4, 0.5) is 23.1 Å². The van der Waals surface area contributed by atoms with Crippen molar-refractivity contribution >= 4 is 40.8 Å². The molecule has 3 N–H and O–H groups in total. The molecule has 1 amide bonds. The van der Waals surface area contributed by atoms with Crippen LogP contribution in [0, 0.1) is 13.8 Å². The zero-order valence-electron chi connectivity index (χ0n) is 18.9. The molecule has 0 spiro atoms. The molecule has 3 aromatic heterocycles. The summed E-state index contributed by atoms with van der Waals surface area (Å²) in [6.45, 7) is 5.83. The molecule has 0 aliphatic carbocycles. The SMILES string of the molecule is Cc1ccc(C(=O)Nc2ccc(Sc3nc(Nc4cc(C)[nH]n4)cc(N4CCC4)n3)cc2)cn1. The highest BCUT2D eigenvalue weighted by Crippen LogP contribution is 2.31. The van der Waals surface area contributed by atoms with E-state index in [1.807, 2.05) is 56.3 Å². The Hall–Kier alpha value is -3.92. The number of hydrogen-bond acceptors (Lipinski definition) is 8. The number of aromatic nitrogens is 5.